The Hall–Kier alpha value is -1.51. The van der Waals surface area contributed by atoms with Crippen molar-refractivity contribution in [3.8, 4) is 0 Å². The van der Waals surface area contributed by atoms with Gasteiger partial charge in [0.25, 0.3) is 5.69 Å². The van der Waals surface area contributed by atoms with Gasteiger partial charge in [0.1, 0.15) is 0 Å². The molecular weight excluding hydrogens is 270 g/mol. The average Bonchev–Trinajstić information content (AvgIpc) is 2.90. The molecule has 0 spiro atoms. The molecule has 1 saturated heterocycles. The van der Waals surface area contributed by atoms with Crippen molar-refractivity contribution < 1.29 is 13.3 Å². The van der Waals surface area contributed by atoms with Crippen LogP contribution in [-0.2, 0) is 10.0 Å². The van der Waals surface area contributed by atoms with Crippen LogP contribution in [0.4, 0.5) is 5.69 Å². The topological polar surface area (TPSA) is 101 Å². The van der Waals surface area contributed by atoms with Crippen LogP contribution in [0.3, 0.4) is 0 Å². The molecular formula is C11H15N3O4S. The minimum absolute atomic E-state index is 0.0454. The van der Waals surface area contributed by atoms with Gasteiger partial charge in [0.2, 0.25) is 10.0 Å². The number of nitro benzene ring substituents is 1. The van der Waals surface area contributed by atoms with Crippen LogP contribution in [0.2, 0.25) is 0 Å². The molecule has 19 heavy (non-hydrogen) atoms. The highest BCUT2D eigenvalue weighted by Gasteiger charge is 2.20. The molecule has 1 heterocycles. The molecule has 1 atom stereocenters. The summed E-state index contributed by atoms with van der Waals surface area (Å²) < 4.78 is 26.5. The van der Waals surface area contributed by atoms with Crippen LogP contribution in [0.25, 0.3) is 0 Å². The first-order chi connectivity index (χ1) is 8.99. The predicted molar refractivity (Wildman–Crippen MR) is 69.3 cm³/mol. The number of nitro groups is 1. The second-order valence-corrected chi connectivity index (χ2v) is 6.23. The molecule has 1 aromatic carbocycles. The van der Waals surface area contributed by atoms with Crippen molar-refractivity contribution in [3.63, 3.8) is 0 Å². The molecule has 8 heteroatoms. The molecule has 2 rings (SSSR count). The lowest BCUT2D eigenvalue weighted by molar-refractivity contribution is -0.384. The summed E-state index contributed by atoms with van der Waals surface area (Å²) >= 11 is 0. The highest BCUT2D eigenvalue weighted by atomic mass is 32.2. The standard InChI is InChI=1S/C11H15N3O4S/c15-14(16)10-1-3-11(4-2-10)19(17,18)13-8-9-5-6-12-7-9/h1-4,9,12-13H,5-8H2. The first kappa shape index (κ1) is 13.9. The predicted octanol–water partition coefficient (Wildman–Crippen LogP) is 0.483. The number of nitrogens with zero attached hydrogens (tertiary/aromatic N) is 1. The number of benzene rings is 1. The molecule has 1 aromatic rings. The van der Waals surface area contributed by atoms with Gasteiger partial charge >= 0.3 is 0 Å². The number of sulfonamides is 1. The van der Waals surface area contributed by atoms with Crippen LogP contribution in [0.1, 0.15) is 6.42 Å². The van der Waals surface area contributed by atoms with Crippen LogP contribution >= 0.6 is 0 Å². The monoisotopic (exact) mass is 285 g/mol. The summed E-state index contributed by atoms with van der Waals surface area (Å²) in [6, 6.07) is 4.86. The summed E-state index contributed by atoms with van der Waals surface area (Å²) in [7, 11) is -3.59. The third kappa shape index (κ3) is 3.49. The summed E-state index contributed by atoms with van der Waals surface area (Å²) in [5.74, 6) is 0.299. The van der Waals surface area contributed by atoms with Crippen molar-refractivity contribution in [2.45, 2.75) is 11.3 Å². The molecule has 0 aliphatic carbocycles. The summed E-state index contributed by atoms with van der Waals surface area (Å²) in [6.07, 6.45) is 0.947. The Morgan fingerprint density at radius 1 is 1.37 bits per heavy atom. The van der Waals surface area contributed by atoms with Crippen LogP contribution in [0.15, 0.2) is 29.2 Å². The molecule has 2 N–H and O–H groups in total. The van der Waals surface area contributed by atoms with E-state index in [1.54, 1.807) is 0 Å². The van der Waals surface area contributed by atoms with Gasteiger partial charge in [-0.1, -0.05) is 0 Å². The number of hydrogen-bond acceptors (Lipinski definition) is 5. The first-order valence-corrected chi connectivity index (χ1v) is 7.42. The van der Waals surface area contributed by atoms with E-state index >= 15 is 0 Å². The van der Waals surface area contributed by atoms with Gasteiger partial charge in [-0.2, -0.15) is 0 Å². The molecule has 0 amide bonds. The molecule has 0 saturated carbocycles. The van der Waals surface area contributed by atoms with Crippen molar-refractivity contribution in [1.29, 1.82) is 0 Å². The van der Waals surface area contributed by atoms with Gasteiger partial charge in [0.15, 0.2) is 0 Å². The van der Waals surface area contributed by atoms with Crippen LogP contribution in [0.5, 0.6) is 0 Å². The van der Waals surface area contributed by atoms with Crippen molar-refractivity contribution in [2.24, 2.45) is 5.92 Å². The zero-order chi connectivity index (χ0) is 13.9. The van der Waals surface area contributed by atoms with E-state index in [1.807, 2.05) is 0 Å². The molecule has 104 valence electrons. The summed E-state index contributed by atoms with van der Waals surface area (Å²) in [5, 5.41) is 13.7. The second kappa shape index (κ2) is 5.64. The lowest BCUT2D eigenvalue weighted by Gasteiger charge is -2.10. The van der Waals surface area contributed by atoms with Gasteiger partial charge in [-0.25, -0.2) is 13.1 Å². The molecule has 0 aromatic heterocycles. The maximum absolute atomic E-state index is 12.0. The first-order valence-electron chi connectivity index (χ1n) is 5.94. The molecule has 1 fully saturated rings. The minimum Gasteiger partial charge on any atom is -0.316 e. The number of non-ortho nitro benzene ring substituents is 1. The van der Waals surface area contributed by atoms with Crippen LogP contribution < -0.4 is 10.0 Å². The smallest absolute Gasteiger partial charge is 0.269 e. The van der Waals surface area contributed by atoms with Crippen LogP contribution in [-0.4, -0.2) is 33.0 Å². The van der Waals surface area contributed by atoms with Crippen molar-refractivity contribution >= 4 is 15.7 Å². The molecule has 7 nitrogen and oxygen atoms in total. The summed E-state index contributed by atoms with van der Waals surface area (Å²) in [4.78, 5) is 9.98. The third-order valence-corrected chi connectivity index (χ3v) is 4.52. The normalized spacial score (nSPS) is 19.5. The Balaban J connectivity index is 2.03. The van der Waals surface area contributed by atoms with Gasteiger partial charge in [-0.05, 0) is 37.6 Å². The quantitative estimate of drug-likeness (QED) is 0.605. The fourth-order valence-corrected chi connectivity index (χ4v) is 3.06. The van der Waals surface area contributed by atoms with E-state index in [2.05, 4.69) is 10.0 Å². The SMILES string of the molecule is O=[N+]([O-])c1ccc(S(=O)(=O)NCC2CCNC2)cc1. The van der Waals surface area contributed by atoms with Crippen molar-refractivity contribution in [3.05, 3.63) is 34.4 Å². The third-order valence-electron chi connectivity index (χ3n) is 3.08. The van der Waals surface area contributed by atoms with Gasteiger partial charge in [-0.3, -0.25) is 10.1 Å². The Labute approximate surface area is 111 Å². The van der Waals surface area contributed by atoms with Gasteiger partial charge in [0, 0.05) is 18.7 Å². The summed E-state index contributed by atoms with van der Waals surface area (Å²) in [6.45, 7) is 2.10. The fourth-order valence-electron chi connectivity index (χ4n) is 1.95. The molecule has 0 bridgehead atoms. The van der Waals surface area contributed by atoms with E-state index < -0.39 is 14.9 Å². The van der Waals surface area contributed by atoms with Gasteiger partial charge in [-0.15, -0.1) is 0 Å². The second-order valence-electron chi connectivity index (χ2n) is 4.46. The molecule has 1 aliphatic rings. The Morgan fingerprint density at radius 3 is 2.58 bits per heavy atom. The van der Waals surface area contributed by atoms with E-state index in [4.69, 9.17) is 0 Å². The highest BCUT2D eigenvalue weighted by Crippen LogP contribution is 2.16. The number of nitrogens with one attached hydrogen (secondary N) is 2. The average molecular weight is 285 g/mol. The lowest BCUT2D eigenvalue weighted by Crippen LogP contribution is -2.30. The van der Waals surface area contributed by atoms with E-state index in [-0.39, 0.29) is 10.6 Å². The maximum Gasteiger partial charge on any atom is 0.269 e. The van der Waals surface area contributed by atoms with E-state index in [9.17, 15) is 18.5 Å². The van der Waals surface area contributed by atoms with Crippen molar-refractivity contribution in [1.82, 2.24) is 10.0 Å². The van der Waals surface area contributed by atoms with E-state index in [0.29, 0.717) is 12.5 Å². The molecule has 1 aliphatic heterocycles. The van der Waals surface area contributed by atoms with E-state index in [1.165, 1.54) is 24.3 Å². The fraction of sp³-hybridized carbons (Fsp3) is 0.455. The van der Waals surface area contributed by atoms with Gasteiger partial charge in [0.05, 0.1) is 9.82 Å². The zero-order valence-electron chi connectivity index (χ0n) is 10.2. The van der Waals surface area contributed by atoms with Crippen LogP contribution in [0, 0.1) is 16.0 Å². The Kier molecular flexibility index (Phi) is 4.13. The van der Waals surface area contributed by atoms with E-state index in [0.717, 1.165) is 19.5 Å². The number of rotatable bonds is 5. The molecule has 0 radical (unpaired) electrons. The lowest BCUT2D eigenvalue weighted by atomic mass is 10.1. The summed E-state index contributed by atoms with van der Waals surface area (Å²) in [5.41, 5.74) is -0.126. The van der Waals surface area contributed by atoms with Crippen molar-refractivity contribution in [2.75, 3.05) is 19.6 Å². The zero-order valence-corrected chi connectivity index (χ0v) is 11.0. The Bertz CT molecular complexity index is 550. The highest BCUT2D eigenvalue weighted by molar-refractivity contribution is 7.89. The van der Waals surface area contributed by atoms with Gasteiger partial charge < -0.3 is 5.32 Å². The largest absolute Gasteiger partial charge is 0.316 e. The maximum atomic E-state index is 12.0. The molecule has 1 unspecified atom stereocenters. The number of hydrogen-bond donors (Lipinski definition) is 2. The Morgan fingerprint density at radius 2 is 2.05 bits per heavy atom. The minimum atomic E-state index is -3.59.